The zero-order chi connectivity index (χ0) is 13.2. The molecule has 0 aliphatic rings. The second kappa shape index (κ2) is 4.91. The van der Waals surface area contributed by atoms with Gasteiger partial charge in [-0.2, -0.15) is 0 Å². The molecule has 1 N–H and O–H groups in total. The smallest absolute Gasteiger partial charge is 0.262 e. The Balaban J connectivity index is 2.30. The third-order valence-electron chi connectivity index (χ3n) is 2.17. The Hall–Kier alpha value is -1.66. The summed E-state index contributed by atoms with van der Waals surface area (Å²) in [5.74, 6) is 0.126. The van der Waals surface area contributed by atoms with Crippen molar-refractivity contribution in [3.8, 4) is 0 Å². The quantitative estimate of drug-likeness (QED) is 0.938. The molecule has 18 heavy (non-hydrogen) atoms. The van der Waals surface area contributed by atoms with E-state index in [1.54, 1.807) is 12.1 Å². The van der Waals surface area contributed by atoms with Gasteiger partial charge in [0.15, 0.2) is 11.0 Å². The number of anilines is 1. The van der Waals surface area contributed by atoms with Gasteiger partial charge < -0.3 is 0 Å². The predicted octanol–water partition coefficient (Wildman–Crippen LogP) is 2.24. The van der Waals surface area contributed by atoms with Gasteiger partial charge in [-0.25, -0.2) is 8.42 Å². The molecule has 0 aliphatic heterocycles. The molecule has 7 heteroatoms. The maximum absolute atomic E-state index is 12.0. The highest BCUT2D eigenvalue weighted by Gasteiger charge is 2.14. The molecular formula is C11H10ClN3O2S. The van der Waals surface area contributed by atoms with Crippen LogP contribution in [0.25, 0.3) is 0 Å². The van der Waals surface area contributed by atoms with Crippen molar-refractivity contribution in [1.82, 2.24) is 10.2 Å². The molecule has 5 nitrogen and oxygen atoms in total. The summed E-state index contributed by atoms with van der Waals surface area (Å²) in [5, 5.41) is 7.40. The number of halogens is 1. The lowest BCUT2D eigenvalue weighted by molar-refractivity contribution is 0.601. The van der Waals surface area contributed by atoms with Crippen LogP contribution in [0.15, 0.2) is 41.3 Å². The predicted molar refractivity (Wildman–Crippen MR) is 69.0 cm³/mol. The molecule has 1 heterocycles. The average Bonchev–Trinajstić information content (AvgIpc) is 2.32. The Labute approximate surface area is 110 Å². The fraction of sp³-hybridized carbons (Fsp3) is 0.0909. The van der Waals surface area contributed by atoms with Gasteiger partial charge in [-0.3, -0.25) is 4.72 Å². The zero-order valence-electron chi connectivity index (χ0n) is 9.46. The van der Waals surface area contributed by atoms with E-state index >= 15 is 0 Å². The highest BCUT2D eigenvalue weighted by molar-refractivity contribution is 7.92. The number of aryl methyl sites for hydroxylation is 1. The van der Waals surface area contributed by atoms with Crippen molar-refractivity contribution in [2.75, 3.05) is 4.72 Å². The number of hydrogen-bond donors (Lipinski definition) is 1. The van der Waals surface area contributed by atoms with E-state index in [1.807, 2.05) is 13.0 Å². The monoisotopic (exact) mass is 283 g/mol. The van der Waals surface area contributed by atoms with Gasteiger partial charge in [-0.05, 0) is 36.8 Å². The Morgan fingerprint density at radius 2 is 1.94 bits per heavy atom. The molecule has 0 unspecified atom stereocenters. The molecule has 0 spiro atoms. The average molecular weight is 284 g/mol. The molecule has 0 fully saturated rings. The maximum Gasteiger partial charge on any atom is 0.263 e. The summed E-state index contributed by atoms with van der Waals surface area (Å²) >= 11 is 5.57. The molecule has 1 aromatic heterocycles. The molecular weight excluding hydrogens is 274 g/mol. The Morgan fingerprint density at radius 3 is 2.56 bits per heavy atom. The molecule has 0 radical (unpaired) electrons. The highest BCUT2D eigenvalue weighted by atomic mass is 35.5. The summed E-state index contributed by atoms with van der Waals surface area (Å²) in [6.45, 7) is 1.82. The third-order valence-corrected chi connectivity index (χ3v) is 3.72. The van der Waals surface area contributed by atoms with E-state index in [-0.39, 0.29) is 15.9 Å². The van der Waals surface area contributed by atoms with Gasteiger partial charge in [0.1, 0.15) is 0 Å². The number of benzene rings is 1. The van der Waals surface area contributed by atoms with Gasteiger partial charge in [0.25, 0.3) is 10.0 Å². The summed E-state index contributed by atoms with van der Waals surface area (Å²) < 4.78 is 26.4. The fourth-order valence-electron chi connectivity index (χ4n) is 1.35. The lowest BCUT2D eigenvalue weighted by atomic mass is 10.2. The van der Waals surface area contributed by atoms with Crippen LogP contribution >= 0.6 is 11.6 Å². The number of rotatable bonds is 3. The van der Waals surface area contributed by atoms with Gasteiger partial charge in [-0.1, -0.05) is 23.7 Å². The standard InChI is InChI=1S/C11H10ClN3O2S/c1-8-3-2-4-9(7-8)18(16,17)15-11-6-5-10(12)13-14-11/h2-7H,1H3,(H,14,15). The van der Waals surface area contributed by atoms with Crippen LogP contribution in [0.4, 0.5) is 5.82 Å². The summed E-state index contributed by atoms with van der Waals surface area (Å²) in [5.41, 5.74) is 0.861. The van der Waals surface area contributed by atoms with Crippen LogP contribution in [-0.2, 0) is 10.0 Å². The van der Waals surface area contributed by atoms with Crippen molar-refractivity contribution in [3.05, 3.63) is 47.1 Å². The van der Waals surface area contributed by atoms with Crippen LogP contribution in [0.2, 0.25) is 5.15 Å². The van der Waals surface area contributed by atoms with Crippen LogP contribution in [0.3, 0.4) is 0 Å². The molecule has 1 aromatic carbocycles. The molecule has 94 valence electrons. The van der Waals surface area contributed by atoms with Crippen molar-refractivity contribution in [2.45, 2.75) is 11.8 Å². The van der Waals surface area contributed by atoms with Gasteiger partial charge in [0.2, 0.25) is 0 Å². The first kappa shape index (κ1) is 12.8. The number of sulfonamides is 1. The molecule has 0 saturated carbocycles. The summed E-state index contributed by atoms with van der Waals surface area (Å²) in [4.78, 5) is 0.180. The van der Waals surface area contributed by atoms with Crippen LogP contribution in [0, 0.1) is 6.92 Å². The molecule has 2 aromatic rings. The van der Waals surface area contributed by atoms with Crippen molar-refractivity contribution >= 4 is 27.4 Å². The summed E-state index contributed by atoms with van der Waals surface area (Å²) in [6, 6.07) is 9.49. The summed E-state index contributed by atoms with van der Waals surface area (Å²) in [7, 11) is -3.64. The van der Waals surface area contributed by atoms with Gasteiger partial charge in [0.05, 0.1) is 4.90 Å². The van der Waals surface area contributed by atoms with Crippen molar-refractivity contribution in [2.24, 2.45) is 0 Å². The number of aromatic nitrogens is 2. The van der Waals surface area contributed by atoms with E-state index in [1.165, 1.54) is 18.2 Å². The van der Waals surface area contributed by atoms with Crippen LogP contribution < -0.4 is 4.72 Å². The second-order valence-corrected chi connectivity index (χ2v) is 5.73. The van der Waals surface area contributed by atoms with E-state index in [2.05, 4.69) is 14.9 Å². The first-order valence-corrected chi connectivity index (χ1v) is 6.92. The molecule has 0 bridgehead atoms. The number of nitrogens with one attached hydrogen (secondary N) is 1. The molecule has 0 saturated heterocycles. The zero-order valence-corrected chi connectivity index (χ0v) is 11.0. The van der Waals surface area contributed by atoms with E-state index in [9.17, 15) is 8.42 Å². The van der Waals surface area contributed by atoms with Crippen molar-refractivity contribution in [1.29, 1.82) is 0 Å². The lowest BCUT2D eigenvalue weighted by Gasteiger charge is -2.07. The molecule has 2 rings (SSSR count). The Bertz CT molecular complexity index is 656. The van der Waals surface area contributed by atoms with Crippen LogP contribution in [-0.4, -0.2) is 18.6 Å². The van der Waals surface area contributed by atoms with E-state index in [0.29, 0.717) is 0 Å². The van der Waals surface area contributed by atoms with Gasteiger partial charge >= 0.3 is 0 Å². The summed E-state index contributed by atoms with van der Waals surface area (Å²) in [6.07, 6.45) is 0. The molecule has 0 amide bonds. The molecule has 0 aliphatic carbocycles. The minimum atomic E-state index is -3.64. The second-order valence-electron chi connectivity index (χ2n) is 3.66. The van der Waals surface area contributed by atoms with E-state index < -0.39 is 10.0 Å². The fourth-order valence-corrected chi connectivity index (χ4v) is 2.55. The highest BCUT2D eigenvalue weighted by Crippen LogP contribution is 2.15. The maximum atomic E-state index is 12.0. The van der Waals surface area contributed by atoms with Gasteiger partial charge in [0, 0.05) is 0 Å². The largest absolute Gasteiger partial charge is 0.263 e. The Morgan fingerprint density at radius 1 is 1.17 bits per heavy atom. The number of hydrogen-bond acceptors (Lipinski definition) is 4. The Kier molecular flexibility index (Phi) is 3.49. The number of nitrogens with zero attached hydrogens (tertiary/aromatic N) is 2. The van der Waals surface area contributed by atoms with Crippen LogP contribution in [0.1, 0.15) is 5.56 Å². The molecule has 0 atom stereocenters. The van der Waals surface area contributed by atoms with Crippen molar-refractivity contribution in [3.63, 3.8) is 0 Å². The lowest BCUT2D eigenvalue weighted by Crippen LogP contribution is -2.14. The van der Waals surface area contributed by atoms with Crippen LogP contribution in [0.5, 0.6) is 0 Å². The van der Waals surface area contributed by atoms with Gasteiger partial charge in [-0.15, -0.1) is 10.2 Å². The normalized spacial score (nSPS) is 11.2. The first-order chi connectivity index (χ1) is 8.47. The van der Waals surface area contributed by atoms with E-state index in [0.717, 1.165) is 5.56 Å². The van der Waals surface area contributed by atoms with E-state index in [4.69, 9.17) is 11.6 Å². The SMILES string of the molecule is Cc1cccc(S(=O)(=O)Nc2ccc(Cl)nn2)c1. The first-order valence-electron chi connectivity index (χ1n) is 5.06. The topological polar surface area (TPSA) is 72.0 Å². The minimum absolute atomic E-state index is 0.126. The third kappa shape index (κ3) is 2.96. The minimum Gasteiger partial charge on any atom is -0.262 e. The van der Waals surface area contributed by atoms with Crippen molar-refractivity contribution < 1.29 is 8.42 Å².